The van der Waals surface area contributed by atoms with E-state index in [1.165, 1.54) is 11.3 Å². The number of thiazole rings is 1. The van der Waals surface area contributed by atoms with Gasteiger partial charge in [0.1, 0.15) is 0 Å². The fraction of sp³-hybridized carbons (Fsp3) is 0.222. The second-order valence-corrected chi connectivity index (χ2v) is 6.05. The lowest BCUT2D eigenvalue weighted by atomic mass is 10.3. The molecule has 0 unspecified atom stereocenters. The number of hydrogen-bond donors (Lipinski definition) is 2. The summed E-state index contributed by atoms with van der Waals surface area (Å²) in [6, 6.07) is 7.74. The monoisotopic (exact) mass is 257 g/mol. The summed E-state index contributed by atoms with van der Waals surface area (Å²) in [6.45, 7) is 0.276. The fourth-order valence-corrected chi connectivity index (χ4v) is 2.53. The van der Waals surface area contributed by atoms with Crippen LogP contribution in [0.2, 0.25) is 0 Å². The molecule has 0 spiro atoms. The van der Waals surface area contributed by atoms with E-state index in [4.69, 9.17) is 5.14 Å². The SMILES string of the molecule is NS(=O)(=O)CCNc1nc2ccccc2s1. The van der Waals surface area contributed by atoms with Gasteiger partial charge in [0.15, 0.2) is 5.13 Å². The van der Waals surface area contributed by atoms with Crippen molar-refractivity contribution in [3.63, 3.8) is 0 Å². The Morgan fingerprint density at radius 1 is 1.38 bits per heavy atom. The highest BCUT2D eigenvalue weighted by Gasteiger charge is 2.05. The molecule has 16 heavy (non-hydrogen) atoms. The number of para-hydroxylation sites is 1. The first-order chi connectivity index (χ1) is 7.54. The Morgan fingerprint density at radius 2 is 2.12 bits per heavy atom. The zero-order chi connectivity index (χ0) is 11.6. The van der Waals surface area contributed by atoms with Crippen molar-refractivity contribution < 1.29 is 8.42 Å². The molecule has 1 heterocycles. The van der Waals surface area contributed by atoms with Gasteiger partial charge in [-0.2, -0.15) is 0 Å². The topological polar surface area (TPSA) is 85.1 Å². The summed E-state index contributed by atoms with van der Waals surface area (Å²) in [4.78, 5) is 4.30. The van der Waals surface area contributed by atoms with Crippen LogP contribution in [-0.2, 0) is 10.0 Å². The molecule has 0 aliphatic carbocycles. The van der Waals surface area contributed by atoms with E-state index >= 15 is 0 Å². The van der Waals surface area contributed by atoms with E-state index in [2.05, 4.69) is 10.3 Å². The third-order valence-electron chi connectivity index (χ3n) is 1.96. The van der Waals surface area contributed by atoms with E-state index in [1.807, 2.05) is 24.3 Å². The zero-order valence-electron chi connectivity index (χ0n) is 8.38. The van der Waals surface area contributed by atoms with Crippen LogP contribution < -0.4 is 10.5 Å². The molecule has 86 valence electrons. The number of primary sulfonamides is 1. The Hall–Kier alpha value is -1.18. The molecule has 0 amide bonds. The van der Waals surface area contributed by atoms with E-state index < -0.39 is 10.0 Å². The number of sulfonamides is 1. The van der Waals surface area contributed by atoms with E-state index in [9.17, 15) is 8.42 Å². The van der Waals surface area contributed by atoms with Crippen LogP contribution in [0.1, 0.15) is 0 Å². The van der Waals surface area contributed by atoms with Gasteiger partial charge in [0.2, 0.25) is 10.0 Å². The van der Waals surface area contributed by atoms with Crippen molar-refractivity contribution in [2.75, 3.05) is 17.6 Å². The van der Waals surface area contributed by atoms with Gasteiger partial charge < -0.3 is 5.32 Å². The Kier molecular flexibility index (Phi) is 3.08. The Labute approximate surface area is 97.4 Å². The van der Waals surface area contributed by atoms with Crippen LogP contribution in [0.15, 0.2) is 24.3 Å². The number of benzene rings is 1. The molecule has 0 saturated heterocycles. The standard InChI is InChI=1S/C9H11N3O2S2/c10-16(13,14)6-5-11-9-12-7-3-1-2-4-8(7)15-9/h1-4H,5-6H2,(H,11,12)(H2,10,13,14). The van der Waals surface area contributed by atoms with Crippen molar-refractivity contribution >= 4 is 36.7 Å². The number of nitrogens with two attached hydrogens (primary N) is 1. The minimum absolute atomic E-state index is 0.0943. The molecule has 0 radical (unpaired) electrons. The number of rotatable bonds is 4. The summed E-state index contributed by atoms with van der Waals surface area (Å²) in [5.41, 5.74) is 0.908. The maximum Gasteiger partial charge on any atom is 0.210 e. The molecule has 1 aromatic carbocycles. The second kappa shape index (κ2) is 4.36. The predicted octanol–water partition coefficient (Wildman–Crippen LogP) is 0.997. The van der Waals surface area contributed by atoms with Gasteiger partial charge in [0.05, 0.1) is 16.0 Å². The average molecular weight is 257 g/mol. The third kappa shape index (κ3) is 2.91. The fourth-order valence-electron chi connectivity index (χ4n) is 1.25. The van der Waals surface area contributed by atoms with E-state index in [0.29, 0.717) is 5.13 Å². The molecule has 0 aliphatic heterocycles. The molecule has 0 bridgehead atoms. The van der Waals surface area contributed by atoms with Gasteiger partial charge >= 0.3 is 0 Å². The lowest BCUT2D eigenvalue weighted by Gasteiger charge is -1.99. The molecule has 0 aliphatic rings. The number of nitrogens with one attached hydrogen (secondary N) is 1. The zero-order valence-corrected chi connectivity index (χ0v) is 10.0. The van der Waals surface area contributed by atoms with Crippen molar-refractivity contribution in [1.82, 2.24) is 4.98 Å². The van der Waals surface area contributed by atoms with Crippen molar-refractivity contribution in [3.05, 3.63) is 24.3 Å². The largest absolute Gasteiger partial charge is 0.360 e. The third-order valence-corrected chi connectivity index (χ3v) is 3.72. The molecule has 3 N–H and O–H groups in total. The molecular formula is C9H11N3O2S2. The average Bonchev–Trinajstić information content (AvgIpc) is 2.57. The maximum atomic E-state index is 10.7. The van der Waals surface area contributed by atoms with Crippen molar-refractivity contribution in [2.24, 2.45) is 5.14 Å². The van der Waals surface area contributed by atoms with Crippen molar-refractivity contribution in [1.29, 1.82) is 0 Å². The van der Waals surface area contributed by atoms with Gasteiger partial charge in [-0.05, 0) is 12.1 Å². The van der Waals surface area contributed by atoms with Gasteiger partial charge in [-0.25, -0.2) is 18.5 Å². The number of anilines is 1. The van der Waals surface area contributed by atoms with Crippen molar-refractivity contribution in [2.45, 2.75) is 0 Å². The quantitative estimate of drug-likeness (QED) is 0.855. The van der Waals surface area contributed by atoms with Crippen LogP contribution in [-0.4, -0.2) is 25.7 Å². The normalized spacial score (nSPS) is 11.8. The Bertz CT molecular complexity index is 559. The molecule has 0 fully saturated rings. The summed E-state index contributed by atoms with van der Waals surface area (Å²) in [7, 11) is -3.41. The highest BCUT2D eigenvalue weighted by Crippen LogP contribution is 2.24. The van der Waals surface area contributed by atoms with Crippen LogP contribution in [0.25, 0.3) is 10.2 Å². The molecule has 0 atom stereocenters. The van der Waals surface area contributed by atoms with E-state index in [0.717, 1.165) is 10.2 Å². The van der Waals surface area contributed by atoms with Crippen LogP contribution >= 0.6 is 11.3 Å². The van der Waals surface area contributed by atoms with Crippen LogP contribution in [0.5, 0.6) is 0 Å². The van der Waals surface area contributed by atoms with Crippen LogP contribution in [0.3, 0.4) is 0 Å². The molecule has 2 aromatic rings. The lowest BCUT2D eigenvalue weighted by Crippen LogP contribution is -2.22. The summed E-state index contributed by atoms with van der Waals surface area (Å²) in [6.07, 6.45) is 0. The van der Waals surface area contributed by atoms with Gasteiger partial charge in [0.25, 0.3) is 0 Å². The summed E-state index contributed by atoms with van der Waals surface area (Å²) < 4.78 is 22.5. The number of nitrogens with zero attached hydrogens (tertiary/aromatic N) is 1. The van der Waals surface area contributed by atoms with Crippen molar-refractivity contribution in [3.8, 4) is 0 Å². The first-order valence-corrected chi connectivity index (χ1v) is 7.18. The minimum Gasteiger partial charge on any atom is -0.360 e. The number of hydrogen-bond acceptors (Lipinski definition) is 5. The summed E-state index contributed by atoms with van der Waals surface area (Å²) in [5, 5.41) is 8.54. The molecule has 0 saturated carbocycles. The van der Waals surface area contributed by atoms with Gasteiger partial charge in [-0.15, -0.1) is 0 Å². The molecule has 5 nitrogen and oxygen atoms in total. The highest BCUT2D eigenvalue weighted by molar-refractivity contribution is 7.89. The first kappa shape index (κ1) is 11.3. The smallest absolute Gasteiger partial charge is 0.210 e. The molecule has 2 rings (SSSR count). The number of fused-ring (bicyclic) bond motifs is 1. The highest BCUT2D eigenvalue weighted by atomic mass is 32.2. The first-order valence-electron chi connectivity index (χ1n) is 4.64. The van der Waals surface area contributed by atoms with Gasteiger partial charge in [-0.1, -0.05) is 23.5 Å². The molecular weight excluding hydrogens is 246 g/mol. The number of aromatic nitrogens is 1. The van der Waals surface area contributed by atoms with E-state index in [1.54, 1.807) is 0 Å². The van der Waals surface area contributed by atoms with Crippen LogP contribution in [0.4, 0.5) is 5.13 Å². The lowest BCUT2D eigenvalue weighted by molar-refractivity contribution is 0.598. The molecule has 1 aromatic heterocycles. The Morgan fingerprint density at radius 3 is 2.81 bits per heavy atom. The summed E-state index contributed by atoms with van der Waals surface area (Å²) in [5.74, 6) is -0.0943. The predicted molar refractivity (Wildman–Crippen MR) is 66.1 cm³/mol. The molecule has 7 heteroatoms. The van der Waals surface area contributed by atoms with Gasteiger partial charge in [0, 0.05) is 6.54 Å². The summed E-state index contributed by atoms with van der Waals surface area (Å²) >= 11 is 1.49. The van der Waals surface area contributed by atoms with Crippen LogP contribution in [0, 0.1) is 0 Å². The maximum absolute atomic E-state index is 10.7. The van der Waals surface area contributed by atoms with E-state index in [-0.39, 0.29) is 12.3 Å². The minimum atomic E-state index is -3.41. The second-order valence-electron chi connectivity index (χ2n) is 3.28. The Balaban J connectivity index is 2.05. The van der Waals surface area contributed by atoms with Gasteiger partial charge in [-0.3, -0.25) is 0 Å².